The predicted octanol–water partition coefficient (Wildman–Crippen LogP) is 2.97. The van der Waals surface area contributed by atoms with Crippen molar-refractivity contribution in [2.75, 3.05) is 20.3 Å². The highest BCUT2D eigenvalue weighted by Gasteiger charge is 2.17. The Morgan fingerprint density at radius 2 is 1.88 bits per heavy atom. The van der Waals surface area contributed by atoms with Crippen LogP contribution in [0.3, 0.4) is 0 Å². The van der Waals surface area contributed by atoms with Crippen molar-refractivity contribution in [3.05, 3.63) is 76.7 Å². The fourth-order valence-electron chi connectivity index (χ4n) is 3.49. The Balaban J connectivity index is 1.38. The SMILES string of the molecule is COCCN(Cc1nc2ccccc2c(=O)[nH]1)C(=O)CCCc1nc(-c2ccccc2)no1. The van der Waals surface area contributed by atoms with Crippen LogP contribution in [-0.2, 0) is 22.5 Å². The molecule has 4 rings (SSSR count). The van der Waals surface area contributed by atoms with Crippen LogP contribution in [0.1, 0.15) is 24.6 Å². The number of para-hydroxylation sites is 1. The number of aryl methyl sites for hydroxylation is 1. The van der Waals surface area contributed by atoms with Gasteiger partial charge in [0, 0.05) is 32.1 Å². The second-order valence-corrected chi connectivity index (χ2v) is 7.57. The third kappa shape index (κ3) is 5.69. The first-order valence-corrected chi connectivity index (χ1v) is 10.8. The minimum atomic E-state index is -0.222. The Hall–Kier alpha value is -3.85. The summed E-state index contributed by atoms with van der Waals surface area (Å²) >= 11 is 0. The molecule has 0 bridgehead atoms. The Kier molecular flexibility index (Phi) is 7.21. The zero-order valence-electron chi connectivity index (χ0n) is 18.4. The van der Waals surface area contributed by atoms with Crippen LogP contribution < -0.4 is 5.56 Å². The first kappa shape index (κ1) is 22.3. The summed E-state index contributed by atoms with van der Waals surface area (Å²) in [4.78, 5) is 38.6. The van der Waals surface area contributed by atoms with Crippen molar-refractivity contribution in [1.29, 1.82) is 0 Å². The van der Waals surface area contributed by atoms with E-state index in [9.17, 15) is 9.59 Å². The van der Waals surface area contributed by atoms with Crippen molar-refractivity contribution in [3.8, 4) is 11.4 Å². The van der Waals surface area contributed by atoms with Crippen LogP contribution in [0.15, 0.2) is 63.9 Å². The molecule has 0 fully saturated rings. The number of aromatic amines is 1. The molecule has 2 heterocycles. The second kappa shape index (κ2) is 10.6. The molecule has 9 heteroatoms. The molecular formula is C24H25N5O4. The maximum absolute atomic E-state index is 12.9. The molecule has 0 radical (unpaired) electrons. The highest BCUT2D eigenvalue weighted by Crippen LogP contribution is 2.16. The summed E-state index contributed by atoms with van der Waals surface area (Å²) in [6.07, 6.45) is 1.35. The number of amides is 1. The highest BCUT2D eigenvalue weighted by atomic mass is 16.5. The van der Waals surface area contributed by atoms with E-state index in [0.29, 0.717) is 60.9 Å². The van der Waals surface area contributed by atoms with Crippen LogP contribution in [-0.4, -0.2) is 51.2 Å². The summed E-state index contributed by atoms with van der Waals surface area (Å²) < 4.78 is 10.5. The lowest BCUT2D eigenvalue weighted by Crippen LogP contribution is -2.34. The van der Waals surface area contributed by atoms with Gasteiger partial charge in [-0.2, -0.15) is 4.98 Å². The standard InChI is InChI=1S/C24H25N5O4/c1-32-15-14-29(16-20-25-19-11-6-5-10-18(19)24(31)26-20)22(30)13-7-12-21-27-23(28-33-21)17-8-3-2-4-9-17/h2-6,8-11H,7,12-16H2,1H3,(H,25,26,31). The van der Waals surface area contributed by atoms with E-state index in [1.165, 1.54) is 0 Å². The number of nitrogens with zero attached hydrogens (tertiary/aromatic N) is 4. The summed E-state index contributed by atoms with van der Waals surface area (Å²) in [6, 6.07) is 16.7. The number of methoxy groups -OCH3 is 1. The van der Waals surface area contributed by atoms with Gasteiger partial charge in [-0.1, -0.05) is 47.6 Å². The van der Waals surface area contributed by atoms with Gasteiger partial charge in [-0.05, 0) is 18.6 Å². The van der Waals surface area contributed by atoms with Crippen LogP contribution in [0.5, 0.6) is 0 Å². The molecule has 0 unspecified atom stereocenters. The lowest BCUT2D eigenvalue weighted by Gasteiger charge is -2.22. The summed E-state index contributed by atoms with van der Waals surface area (Å²) in [6.45, 7) is 0.971. The van der Waals surface area contributed by atoms with Crippen LogP contribution in [0.25, 0.3) is 22.3 Å². The quantitative estimate of drug-likeness (QED) is 0.397. The van der Waals surface area contributed by atoms with E-state index in [-0.39, 0.29) is 18.0 Å². The monoisotopic (exact) mass is 447 g/mol. The molecule has 0 spiro atoms. The van der Waals surface area contributed by atoms with Gasteiger partial charge in [0.25, 0.3) is 5.56 Å². The molecule has 2 aromatic heterocycles. The molecule has 1 amide bonds. The first-order valence-electron chi connectivity index (χ1n) is 10.8. The van der Waals surface area contributed by atoms with E-state index in [0.717, 1.165) is 5.56 Å². The van der Waals surface area contributed by atoms with E-state index >= 15 is 0 Å². The molecular weight excluding hydrogens is 422 g/mol. The molecule has 0 saturated carbocycles. The predicted molar refractivity (Wildman–Crippen MR) is 122 cm³/mol. The number of carbonyl (C=O) groups excluding carboxylic acids is 1. The van der Waals surface area contributed by atoms with Gasteiger partial charge in [0.05, 0.1) is 24.1 Å². The number of hydrogen-bond acceptors (Lipinski definition) is 7. The number of hydrogen-bond donors (Lipinski definition) is 1. The van der Waals surface area contributed by atoms with E-state index in [2.05, 4.69) is 20.1 Å². The molecule has 33 heavy (non-hydrogen) atoms. The summed E-state index contributed by atoms with van der Waals surface area (Å²) in [5.41, 5.74) is 1.26. The molecule has 2 aromatic carbocycles. The smallest absolute Gasteiger partial charge is 0.258 e. The maximum atomic E-state index is 12.9. The lowest BCUT2D eigenvalue weighted by atomic mass is 10.2. The highest BCUT2D eigenvalue weighted by molar-refractivity contribution is 5.78. The number of nitrogens with one attached hydrogen (secondary N) is 1. The number of ether oxygens (including phenoxy) is 1. The normalized spacial score (nSPS) is 11.1. The van der Waals surface area contributed by atoms with Gasteiger partial charge in [0.15, 0.2) is 0 Å². The number of aromatic nitrogens is 4. The minimum Gasteiger partial charge on any atom is -0.383 e. The summed E-state index contributed by atoms with van der Waals surface area (Å²) in [5.74, 6) is 1.40. The Morgan fingerprint density at radius 3 is 2.70 bits per heavy atom. The minimum absolute atomic E-state index is 0.0642. The second-order valence-electron chi connectivity index (χ2n) is 7.57. The molecule has 0 aliphatic heterocycles. The van der Waals surface area contributed by atoms with Gasteiger partial charge in [0.1, 0.15) is 5.82 Å². The molecule has 0 atom stereocenters. The van der Waals surface area contributed by atoms with Crippen molar-refractivity contribution in [1.82, 2.24) is 25.0 Å². The van der Waals surface area contributed by atoms with E-state index in [1.807, 2.05) is 36.4 Å². The molecule has 170 valence electrons. The van der Waals surface area contributed by atoms with E-state index in [1.54, 1.807) is 30.2 Å². The maximum Gasteiger partial charge on any atom is 0.258 e. The van der Waals surface area contributed by atoms with Gasteiger partial charge in [-0.25, -0.2) is 4.98 Å². The Labute approximate surface area is 190 Å². The molecule has 0 saturated heterocycles. The molecule has 0 aliphatic rings. The van der Waals surface area contributed by atoms with Crippen LogP contribution in [0.2, 0.25) is 0 Å². The molecule has 4 aromatic rings. The fraction of sp³-hybridized carbons (Fsp3) is 0.292. The van der Waals surface area contributed by atoms with Crippen LogP contribution >= 0.6 is 0 Å². The summed E-state index contributed by atoms with van der Waals surface area (Å²) in [7, 11) is 1.58. The van der Waals surface area contributed by atoms with Crippen LogP contribution in [0.4, 0.5) is 0 Å². The van der Waals surface area contributed by atoms with Crippen LogP contribution in [0, 0.1) is 0 Å². The van der Waals surface area contributed by atoms with Crippen molar-refractivity contribution in [2.45, 2.75) is 25.8 Å². The number of rotatable bonds is 10. The topological polar surface area (TPSA) is 114 Å². The first-order chi connectivity index (χ1) is 16.1. The van der Waals surface area contributed by atoms with Crippen molar-refractivity contribution < 1.29 is 14.1 Å². The third-order valence-corrected chi connectivity index (χ3v) is 5.20. The average molecular weight is 447 g/mol. The number of H-pyrrole nitrogens is 1. The van der Waals surface area contributed by atoms with Gasteiger partial charge >= 0.3 is 0 Å². The third-order valence-electron chi connectivity index (χ3n) is 5.20. The Bertz CT molecular complexity index is 1270. The molecule has 9 nitrogen and oxygen atoms in total. The zero-order chi connectivity index (χ0) is 23.0. The fourth-order valence-corrected chi connectivity index (χ4v) is 3.49. The number of carbonyl (C=O) groups is 1. The van der Waals surface area contributed by atoms with Crippen molar-refractivity contribution in [3.63, 3.8) is 0 Å². The number of fused-ring (bicyclic) bond motifs is 1. The van der Waals surface area contributed by atoms with Gasteiger partial charge < -0.3 is 19.1 Å². The largest absolute Gasteiger partial charge is 0.383 e. The van der Waals surface area contributed by atoms with Gasteiger partial charge in [-0.15, -0.1) is 0 Å². The van der Waals surface area contributed by atoms with E-state index in [4.69, 9.17) is 9.26 Å². The van der Waals surface area contributed by atoms with Crippen molar-refractivity contribution >= 4 is 16.8 Å². The van der Waals surface area contributed by atoms with Crippen molar-refractivity contribution in [2.24, 2.45) is 0 Å². The van der Waals surface area contributed by atoms with Gasteiger partial charge in [-0.3, -0.25) is 9.59 Å². The summed E-state index contributed by atoms with van der Waals surface area (Å²) in [5, 5.41) is 4.53. The average Bonchev–Trinajstić information content (AvgIpc) is 3.31. The number of benzene rings is 2. The molecule has 0 aliphatic carbocycles. The molecule has 1 N–H and O–H groups in total. The lowest BCUT2D eigenvalue weighted by molar-refractivity contribution is -0.132. The van der Waals surface area contributed by atoms with Gasteiger partial charge in [0.2, 0.25) is 17.6 Å². The Morgan fingerprint density at radius 1 is 1.09 bits per heavy atom. The van der Waals surface area contributed by atoms with E-state index < -0.39 is 0 Å². The zero-order valence-corrected chi connectivity index (χ0v) is 18.4.